The first-order valence-electron chi connectivity index (χ1n) is 11.0. The zero-order valence-electron chi connectivity index (χ0n) is 19.1. The summed E-state index contributed by atoms with van der Waals surface area (Å²) in [5.74, 6) is 1.49. The van der Waals surface area contributed by atoms with Gasteiger partial charge in [0.2, 0.25) is 11.8 Å². The average Bonchev–Trinajstić information content (AvgIpc) is 3.24. The maximum absolute atomic E-state index is 12.9. The normalized spacial score (nSPS) is 19.7. The van der Waals surface area contributed by atoms with Crippen LogP contribution in [0.15, 0.2) is 29.3 Å². The number of hydrogen-bond acceptors (Lipinski definition) is 4. The van der Waals surface area contributed by atoms with E-state index in [-0.39, 0.29) is 24.4 Å². The Kier molecular flexibility index (Phi) is 7.41. The SMILES string of the molecule is CN(C)C(=O)CN=C(NCC1(C(=O)N(C)C)CCCC1)NC1CCOc2ccccc21. The fourth-order valence-electron chi connectivity index (χ4n) is 4.34. The van der Waals surface area contributed by atoms with Crippen molar-refractivity contribution in [1.29, 1.82) is 0 Å². The van der Waals surface area contributed by atoms with E-state index in [1.807, 2.05) is 38.4 Å². The van der Waals surface area contributed by atoms with Gasteiger partial charge in [-0.2, -0.15) is 0 Å². The second-order valence-corrected chi connectivity index (χ2v) is 8.87. The molecule has 1 aromatic carbocycles. The molecule has 1 atom stereocenters. The van der Waals surface area contributed by atoms with Crippen LogP contribution in [-0.4, -0.2) is 75.5 Å². The van der Waals surface area contributed by atoms with Crippen LogP contribution in [0.4, 0.5) is 0 Å². The number of fused-ring (bicyclic) bond motifs is 1. The maximum Gasteiger partial charge on any atom is 0.243 e. The number of likely N-dealkylation sites (N-methyl/N-ethyl adjacent to an activating group) is 1. The minimum absolute atomic E-state index is 0.0229. The van der Waals surface area contributed by atoms with E-state index in [2.05, 4.69) is 15.6 Å². The zero-order valence-corrected chi connectivity index (χ0v) is 19.1. The van der Waals surface area contributed by atoms with Crippen LogP contribution in [0.25, 0.3) is 0 Å². The van der Waals surface area contributed by atoms with Gasteiger partial charge in [-0.05, 0) is 18.9 Å². The molecule has 31 heavy (non-hydrogen) atoms. The molecular formula is C23H35N5O3. The van der Waals surface area contributed by atoms with E-state index in [1.54, 1.807) is 19.0 Å². The van der Waals surface area contributed by atoms with Gasteiger partial charge in [-0.25, -0.2) is 4.99 Å². The molecule has 2 aliphatic rings. The molecule has 0 spiro atoms. The van der Waals surface area contributed by atoms with E-state index in [1.165, 1.54) is 4.90 Å². The molecule has 170 valence electrons. The number of rotatable bonds is 6. The molecule has 0 radical (unpaired) electrons. The summed E-state index contributed by atoms with van der Waals surface area (Å²) in [4.78, 5) is 32.8. The predicted molar refractivity (Wildman–Crippen MR) is 121 cm³/mol. The van der Waals surface area contributed by atoms with Crippen LogP contribution >= 0.6 is 0 Å². The molecule has 2 N–H and O–H groups in total. The average molecular weight is 430 g/mol. The number of guanidine groups is 1. The summed E-state index contributed by atoms with van der Waals surface area (Å²) in [6, 6.07) is 7.98. The van der Waals surface area contributed by atoms with Gasteiger partial charge in [0.1, 0.15) is 12.3 Å². The van der Waals surface area contributed by atoms with Crippen LogP contribution in [0.3, 0.4) is 0 Å². The molecular weight excluding hydrogens is 394 g/mol. The Balaban J connectivity index is 1.78. The van der Waals surface area contributed by atoms with Crippen molar-refractivity contribution in [3.8, 4) is 5.75 Å². The first-order chi connectivity index (χ1) is 14.8. The number of para-hydroxylation sites is 1. The Hall–Kier alpha value is -2.77. The highest BCUT2D eigenvalue weighted by Gasteiger charge is 2.42. The summed E-state index contributed by atoms with van der Waals surface area (Å²) in [5.41, 5.74) is 0.646. The Morgan fingerprint density at radius 2 is 1.84 bits per heavy atom. The van der Waals surface area contributed by atoms with E-state index in [0.717, 1.165) is 43.4 Å². The van der Waals surface area contributed by atoms with Crippen LogP contribution in [0, 0.1) is 5.41 Å². The third kappa shape index (κ3) is 5.48. The fourth-order valence-corrected chi connectivity index (χ4v) is 4.34. The standard InChI is InChI=1S/C23H35N5O3/c1-27(2)20(29)15-24-22(25-16-23(12-7-8-13-23)21(30)28(3)4)26-18-11-14-31-19-10-6-5-9-17(18)19/h5-6,9-10,18H,7-8,11-16H2,1-4H3,(H2,24,25,26). The van der Waals surface area contributed by atoms with Gasteiger partial charge in [-0.3, -0.25) is 9.59 Å². The number of nitrogens with one attached hydrogen (secondary N) is 2. The second-order valence-electron chi connectivity index (χ2n) is 8.87. The highest BCUT2D eigenvalue weighted by molar-refractivity contribution is 5.87. The Morgan fingerprint density at radius 1 is 1.13 bits per heavy atom. The van der Waals surface area contributed by atoms with Crippen molar-refractivity contribution in [3.63, 3.8) is 0 Å². The summed E-state index contributed by atoms with van der Waals surface area (Å²) >= 11 is 0. The molecule has 8 nitrogen and oxygen atoms in total. The highest BCUT2D eigenvalue weighted by Crippen LogP contribution is 2.39. The van der Waals surface area contributed by atoms with Crippen molar-refractivity contribution in [2.75, 3.05) is 47.9 Å². The van der Waals surface area contributed by atoms with Crippen molar-refractivity contribution >= 4 is 17.8 Å². The first-order valence-corrected chi connectivity index (χ1v) is 11.0. The monoisotopic (exact) mass is 429 g/mol. The molecule has 3 rings (SSSR count). The number of benzene rings is 1. The number of amides is 2. The van der Waals surface area contributed by atoms with E-state index in [0.29, 0.717) is 19.1 Å². The van der Waals surface area contributed by atoms with Gasteiger partial charge in [-0.1, -0.05) is 31.0 Å². The van der Waals surface area contributed by atoms with Crippen LogP contribution in [0.2, 0.25) is 0 Å². The van der Waals surface area contributed by atoms with Gasteiger partial charge in [-0.15, -0.1) is 0 Å². The summed E-state index contributed by atoms with van der Waals surface area (Å²) in [6.45, 7) is 1.15. The van der Waals surface area contributed by atoms with Gasteiger partial charge in [0.15, 0.2) is 5.96 Å². The molecule has 1 unspecified atom stereocenters. The maximum atomic E-state index is 12.9. The molecule has 1 aliphatic heterocycles. The molecule has 8 heteroatoms. The van der Waals surface area contributed by atoms with Gasteiger partial charge in [0, 0.05) is 46.7 Å². The predicted octanol–water partition coefficient (Wildman–Crippen LogP) is 1.78. The number of ether oxygens (including phenoxy) is 1. The third-order valence-corrected chi connectivity index (χ3v) is 6.16. The van der Waals surface area contributed by atoms with Gasteiger partial charge in [0.25, 0.3) is 0 Å². The molecule has 1 saturated carbocycles. The van der Waals surface area contributed by atoms with Crippen molar-refractivity contribution in [3.05, 3.63) is 29.8 Å². The van der Waals surface area contributed by atoms with Crippen LogP contribution in [0.1, 0.15) is 43.7 Å². The highest BCUT2D eigenvalue weighted by atomic mass is 16.5. The molecule has 1 aliphatic carbocycles. The van der Waals surface area contributed by atoms with Gasteiger partial charge < -0.3 is 25.2 Å². The first kappa shape index (κ1) is 22.9. The third-order valence-electron chi connectivity index (χ3n) is 6.16. The smallest absolute Gasteiger partial charge is 0.243 e. The molecule has 0 bridgehead atoms. The van der Waals surface area contributed by atoms with Crippen molar-refractivity contribution in [2.24, 2.45) is 10.4 Å². The summed E-state index contributed by atoms with van der Waals surface area (Å²) in [5, 5.41) is 6.87. The zero-order chi connectivity index (χ0) is 22.4. The molecule has 0 saturated heterocycles. The lowest BCUT2D eigenvalue weighted by molar-refractivity contribution is -0.138. The lowest BCUT2D eigenvalue weighted by Crippen LogP contribution is -2.50. The molecule has 2 amide bonds. The molecule has 1 heterocycles. The number of aliphatic imine (C=N–C) groups is 1. The van der Waals surface area contributed by atoms with Crippen molar-refractivity contribution < 1.29 is 14.3 Å². The second kappa shape index (κ2) is 10.0. The Bertz CT molecular complexity index is 815. The van der Waals surface area contributed by atoms with Crippen LogP contribution < -0.4 is 15.4 Å². The van der Waals surface area contributed by atoms with Gasteiger partial charge in [0.05, 0.1) is 18.1 Å². The van der Waals surface area contributed by atoms with Crippen LogP contribution in [0.5, 0.6) is 5.75 Å². The molecule has 1 fully saturated rings. The minimum atomic E-state index is -0.426. The molecule has 1 aromatic rings. The van der Waals surface area contributed by atoms with E-state index >= 15 is 0 Å². The summed E-state index contributed by atoms with van der Waals surface area (Å²) in [7, 11) is 7.06. The largest absolute Gasteiger partial charge is 0.493 e. The molecule has 0 aromatic heterocycles. The lowest BCUT2D eigenvalue weighted by atomic mass is 9.84. The lowest BCUT2D eigenvalue weighted by Gasteiger charge is -2.33. The van der Waals surface area contributed by atoms with Crippen molar-refractivity contribution in [2.45, 2.75) is 38.1 Å². The van der Waals surface area contributed by atoms with E-state index in [9.17, 15) is 9.59 Å². The Morgan fingerprint density at radius 3 is 2.52 bits per heavy atom. The minimum Gasteiger partial charge on any atom is -0.493 e. The number of carbonyl (C=O) groups is 2. The number of carbonyl (C=O) groups excluding carboxylic acids is 2. The topological polar surface area (TPSA) is 86.3 Å². The van der Waals surface area contributed by atoms with Crippen LogP contribution in [-0.2, 0) is 9.59 Å². The number of hydrogen-bond donors (Lipinski definition) is 2. The van der Waals surface area contributed by atoms with E-state index < -0.39 is 5.41 Å². The quantitative estimate of drug-likeness (QED) is 0.532. The fraction of sp³-hybridized carbons (Fsp3) is 0.609. The van der Waals surface area contributed by atoms with Gasteiger partial charge >= 0.3 is 0 Å². The number of nitrogens with zero attached hydrogens (tertiary/aromatic N) is 3. The summed E-state index contributed by atoms with van der Waals surface area (Å²) < 4.78 is 5.77. The van der Waals surface area contributed by atoms with E-state index in [4.69, 9.17) is 4.74 Å². The Labute approximate surface area is 185 Å². The summed E-state index contributed by atoms with van der Waals surface area (Å²) in [6.07, 6.45) is 4.62. The van der Waals surface area contributed by atoms with Crippen molar-refractivity contribution in [1.82, 2.24) is 20.4 Å².